The van der Waals surface area contributed by atoms with Crippen LogP contribution in [0.25, 0.3) is 16.2 Å². The van der Waals surface area contributed by atoms with Crippen molar-refractivity contribution >= 4 is 28.2 Å². The van der Waals surface area contributed by atoms with Gasteiger partial charge in [-0.25, -0.2) is 4.52 Å². The maximum Gasteiger partial charge on any atom is 0.258 e. The zero-order valence-corrected chi connectivity index (χ0v) is 16.2. The highest BCUT2D eigenvalue weighted by molar-refractivity contribution is 7.15. The fourth-order valence-electron chi connectivity index (χ4n) is 2.74. The van der Waals surface area contributed by atoms with E-state index in [0.717, 1.165) is 22.8 Å². The number of methoxy groups -OCH3 is 1. The molecular weight excluding hydrogens is 376 g/mol. The number of hydrogen-bond acceptors (Lipinski definition) is 6. The molecule has 1 amide bonds. The van der Waals surface area contributed by atoms with Crippen molar-refractivity contribution in [1.82, 2.24) is 14.6 Å². The number of carbonyl (C=O) groups excluding carboxylic acids is 1. The summed E-state index contributed by atoms with van der Waals surface area (Å²) in [6.07, 6.45) is 0. The normalized spacial score (nSPS) is 10.8. The molecule has 0 aliphatic rings. The van der Waals surface area contributed by atoms with Gasteiger partial charge in [-0.15, -0.1) is 16.4 Å². The summed E-state index contributed by atoms with van der Waals surface area (Å²) in [7, 11) is 1.63. The van der Waals surface area contributed by atoms with Crippen molar-refractivity contribution in [3.63, 3.8) is 0 Å². The van der Waals surface area contributed by atoms with Crippen molar-refractivity contribution in [3.05, 3.63) is 59.5 Å². The molecule has 0 radical (unpaired) electrons. The first-order valence-corrected chi connectivity index (χ1v) is 9.59. The lowest BCUT2D eigenvalue weighted by Gasteiger charge is -2.04. The van der Waals surface area contributed by atoms with Crippen LogP contribution >= 0.6 is 11.3 Å². The van der Waals surface area contributed by atoms with E-state index in [-0.39, 0.29) is 11.9 Å². The van der Waals surface area contributed by atoms with Gasteiger partial charge in [-0.05, 0) is 55.5 Å². The molecule has 142 valence electrons. The Morgan fingerprint density at radius 1 is 1.11 bits per heavy atom. The monoisotopic (exact) mass is 394 g/mol. The van der Waals surface area contributed by atoms with Crippen LogP contribution in [-0.2, 0) is 0 Å². The smallest absolute Gasteiger partial charge is 0.258 e. The third-order valence-electron chi connectivity index (χ3n) is 4.12. The highest BCUT2D eigenvalue weighted by atomic mass is 32.1. The Kier molecular flexibility index (Phi) is 4.94. The van der Waals surface area contributed by atoms with Crippen molar-refractivity contribution in [2.24, 2.45) is 0 Å². The fraction of sp³-hybridized carbons (Fsp3) is 0.150. The molecule has 0 spiro atoms. The van der Waals surface area contributed by atoms with Crippen LogP contribution in [0.3, 0.4) is 0 Å². The number of fused-ring (bicyclic) bond motifs is 1. The van der Waals surface area contributed by atoms with E-state index in [2.05, 4.69) is 15.4 Å². The number of rotatable bonds is 6. The van der Waals surface area contributed by atoms with E-state index < -0.39 is 0 Å². The van der Waals surface area contributed by atoms with Crippen molar-refractivity contribution in [2.45, 2.75) is 6.92 Å². The molecule has 0 unspecified atom stereocenters. The van der Waals surface area contributed by atoms with Gasteiger partial charge in [0.2, 0.25) is 4.96 Å². The first-order valence-electron chi connectivity index (χ1n) is 8.71. The number of benzene rings is 2. The average molecular weight is 394 g/mol. The second kappa shape index (κ2) is 7.69. The van der Waals surface area contributed by atoms with Crippen LogP contribution in [0.15, 0.2) is 53.9 Å². The van der Waals surface area contributed by atoms with Crippen molar-refractivity contribution in [1.29, 1.82) is 0 Å². The van der Waals surface area contributed by atoms with Gasteiger partial charge < -0.3 is 9.47 Å². The quantitative estimate of drug-likeness (QED) is 0.532. The molecule has 4 aromatic rings. The molecule has 0 atom stereocenters. The first kappa shape index (κ1) is 18.0. The molecule has 4 rings (SSSR count). The highest BCUT2D eigenvalue weighted by Crippen LogP contribution is 2.27. The third kappa shape index (κ3) is 3.54. The molecule has 2 heterocycles. The molecule has 1 N–H and O–H groups in total. The van der Waals surface area contributed by atoms with Gasteiger partial charge in [0.25, 0.3) is 11.9 Å². The molecule has 0 aliphatic heterocycles. The molecule has 2 aromatic heterocycles. The van der Waals surface area contributed by atoms with Crippen molar-refractivity contribution in [2.75, 3.05) is 19.0 Å². The van der Waals surface area contributed by atoms with Crippen LogP contribution in [-0.4, -0.2) is 34.2 Å². The standard InChI is InChI=1S/C20H18N4O3S/c1-3-27-16-10-6-14(7-11-16)18(25)21-19-22-20-24(23-19)17(12-28-20)13-4-8-15(26-2)9-5-13/h4-12H,3H2,1-2H3,(H,21,23,25). The van der Waals surface area contributed by atoms with Gasteiger partial charge in [0.15, 0.2) is 0 Å². The average Bonchev–Trinajstić information content (AvgIpc) is 3.29. The minimum absolute atomic E-state index is 0.264. The van der Waals surface area contributed by atoms with E-state index in [1.165, 1.54) is 11.3 Å². The van der Waals surface area contributed by atoms with Crippen LogP contribution in [0, 0.1) is 0 Å². The van der Waals surface area contributed by atoms with E-state index in [1.807, 2.05) is 36.6 Å². The zero-order chi connectivity index (χ0) is 19.5. The number of amides is 1. The predicted molar refractivity (Wildman–Crippen MR) is 108 cm³/mol. The number of ether oxygens (including phenoxy) is 2. The number of hydrogen-bond donors (Lipinski definition) is 1. The van der Waals surface area contributed by atoms with Crippen LogP contribution < -0.4 is 14.8 Å². The van der Waals surface area contributed by atoms with Crippen LogP contribution in [0.4, 0.5) is 5.95 Å². The Morgan fingerprint density at radius 2 is 1.82 bits per heavy atom. The zero-order valence-electron chi connectivity index (χ0n) is 15.4. The summed E-state index contributed by atoms with van der Waals surface area (Å²) in [6.45, 7) is 2.49. The molecule has 28 heavy (non-hydrogen) atoms. The summed E-state index contributed by atoms with van der Waals surface area (Å²) in [4.78, 5) is 17.6. The third-order valence-corrected chi connectivity index (χ3v) is 4.94. The number of nitrogens with zero attached hydrogens (tertiary/aromatic N) is 3. The molecular formula is C20H18N4O3S. The van der Waals surface area contributed by atoms with E-state index in [9.17, 15) is 4.79 Å². The maximum atomic E-state index is 12.5. The van der Waals surface area contributed by atoms with Gasteiger partial charge in [0, 0.05) is 16.5 Å². The Balaban J connectivity index is 1.54. The van der Waals surface area contributed by atoms with Gasteiger partial charge in [-0.2, -0.15) is 4.98 Å². The Labute approximate surface area is 165 Å². The van der Waals surface area contributed by atoms with Crippen molar-refractivity contribution in [3.8, 4) is 22.8 Å². The molecule has 0 bridgehead atoms. The first-order chi connectivity index (χ1) is 13.7. The number of anilines is 1. The molecule has 2 aromatic carbocycles. The largest absolute Gasteiger partial charge is 0.497 e. The number of aromatic nitrogens is 3. The van der Waals surface area contributed by atoms with Crippen LogP contribution in [0.5, 0.6) is 11.5 Å². The van der Waals surface area contributed by atoms with Gasteiger partial charge in [0.1, 0.15) is 11.5 Å². The summed E-state index contributed by atoms with van der Waals surface area (Å²) < 4.78 is 12.3. The Bertz CT molecular complexity index is 1100. The topological polar surface area (TPSA) is 77.8 Å². The minimum atomic E-state index is -0.271. The highest BCUT2D eigenvalue weighted by Gasteiger charge is 2.14. The number of carbonyl (C=O) groups is 1. The molecule has 7 nitrogen and oxygen atoms in total. The number of thiazole rings is 1. The van der Waals surface area contributed by atoms with Gasteiger partial charge >= 0.3 is 0 Å². The lowest BCUT2D eigenvalue weighted by atomic mass is 10.2. The lowest BCUT2D eigenvalue weighted by Crippen LogP contribution is -2.13. The molecule has 0 aliphatic carbocycles. The molecule has 0 saturated heterocycles. The van der Waals surface area contributed by atoms with Gasteiger partial charge in [0.05, 0.1) is 19.4 Å². The lowest BCUT2D eigenvalue weighted by molar-refractivity contribution is 0.102. The second-order valence-electron chi connectivity index (χ2n) is 5.89. The van der Waals surface area contributed by atoms with Gasteiger partial charge in [-0.1, -0.05) is 0 Å². The van der Waals surface area contributed by atoms with E-state index in [0.29, 0.717) is 17.1 Å². The molecule has 0 saturated carbocycles. The predicted octanol–water partition coefficient (Wildman–Crippen LogP) is 4.12. The maximum absolute atomic E-state index is 12.5. The summed E-state index contributed by atoms with van der Waals surface area (Å²) in [5.41, 5.74) is 2.40. The molecule has 0 fully saturated rings. The van der Waals surface area contributed by atoms with E-state index >= 15 is 0 Å². The minimum Gasteiger partial charge on any atom is -0.497 e. The van der Waals surface area contributed by atoms with E-state index in [1.54, 1.807) is 35.9 Å². The summed E-state index contributed by atoms with van der Waals surface area (Å²) in [5, 5.41) is 9.16. The summed E-state index contributed by atoms with van der Waals surface area (Å²) >= 11 is 1.46. The fourth-order valence-corrected chi connectivity index (χ4v) is 3.57. The van der Waals surface area contributed by atoms with Gasteiger partial charge in [-0.3, -0.25) is 10.1 Å². The van der Waals surface area contributed by atoms with Crippen LogP contribution in [0.2, 0.25) is 0 Å². The Morgan fingerprint density at radius 3 is 2.50 bits per heavy atom. The number of nitrogens with one attached hydrogen (secondary N) is 1. The summed E-state index contributed by atoms with van der Waals surface area (Å²) in [6, 6.07) is 14.6. The second-order valence-corrected chi connectivity index (χ2v) is 6.73. The molecule has 8 heteroatoms. The van der Waals surface area contributed by atoms with Crippen molar-refractivity contribution < 1.29 is 14.3 Å². The summed E-state index contributed by atoms with van der Waals surface area (Å²) in [5.74, 6) is 1.51. The SMILES string of the molecule is CCOc1ccc(C(=O)Nc2nc3scc(-c4ccc(OC)cc4)n3n2)cc1. The Hall–Kier alpha value is -3.39. The van der Waals surface area contributed by atoms with Crippen LogP contribution in [0.1, 0.15) is 17.3 Å². The van der Waals surface area contributed by atoms with E-state index in [4.69, 9.17) is 9.47 Å².